The Labute approximate surface area is 52.1 Å². The lowest BCUT2D eigenvalue weighted by Gasteiger charge is -1.67. The number of rotatable bonds is 0. The summed E-state index contributed by atoms with van der Waals surface area (Å²) in [5, 5.41) is 8.68. The van der Waals surface area contributed by atoms with Crippen LogP contribution in [0.3, 0.4) is 0 Å². The van der Waals surface area contributed by atoms with Gasteiger partial charge in [0.1, 0.15) is 12.3 Å². The second-order valence-corrected chi connectivity index (χ2v) is 1.73. The lowest BCUT2D eigenvalue weighted by Crippen LogP contribution is -1.55. The van der Waals surface area contributed by atoms with E-state index in [2.05, 4.69) is 12.6 Å². The minimum Gasteiger partial charge on any atom is -0.457 e. The Bertz CT molecular complexity index is 223. The van der Waals surface area contributed by atoms with Crippen molar-refractivity contribution in [3.05, 3.63) is 17.9 Å². The molecule has 0 aliphatic heterocycles. The summed E-state index contributed by atoms with van der Waals surface area (Å²) >= 11 is 3.84. The number of furan rings is 1. The minimum atomic E-state index is 0.474. The number of hydrogen-bond acceptors (Lipinski definition) is 3. The second kappa shape index (κ2) is 1.93. The molecule has 0 saturated heterocycles. The molecule has 40 valence electrons. The fourth-order valence-corrected chi connectivity index (χ4v) is 0.575. The highest BCUT2D eigenvalue weighted by atomic mass is 32.1. The van der Waals surface area contributed by atoms with Gasteiger partial charge in [-0.3, -0.25) is 0 Å². The number of hydrogen-bond donors (Lipinski definition) is 1. The van der Waals surface area contributed by atoms with Crippen LogP contribution in [-0.2, 0) is 0 Å². The zero-order valence-corrected chi connectivity index (χ0v) is 4.85. The second-order valence-electron chi connectivity index (χ2n) is 1.29. The van der Waals surface area contributed by atoms with Crippen molar-refractivity contribution in [2.45, 2.75) is 5.09 Å². The van der Waals surface area contributed by atoms with Gasteiger partial charge in [-0.2, -0.15) is 5.26 Å². The largest absolute Gasteiger partial charge is 0.457 e. The van der Waals surface area contributed by atoms with Crippen LogP contribution in [0.5, 0.6) is 0 Å². The average molecular weight is 125 g/mol. The Morgan fingerprint density at radius 2 is 2.50 bits per heavy atom. The fraction of sp³-hybridized carbons (Fsp3) is 0. The predicted molar refractivity (Wildman–Crippen MR) is 30.7 cm³/mol. The van der Waals surface area contributed by atoms with E-state index in [1.807, 2.05) is 6.07 Å². The van der Waals surface area contributed by atoms with E-state index in [9.17, 15) is 0 Å². The fourth-order valence-electron chi connectivity index (χ4n) is 0.384. The first-order chi connectivity index (χ1) is 3.83. The first-order valence-corrected chi connectivity index (χ1v) is 2.45. The van der Waals surface area contributed by atoms with Crippen molar-refractivity contribution in [1.82, 2.24) is 0 Å². The highest BCUT2D eigenvalue weighted by molar-refractivity contribution is 7.80. The van der Waals surface area contributed by atoms with Gasteiger partial charge in [-0.15, -0.1) is 12.6 Å². The zero-order valence-electron chi connectivity index (χ0n) is 3.96. The topological polar surface area (TPSA) is 36.9 Å². The maximum atomic E-state index is 8.21. The summed E-state index contributed by atoms with van der Waals surface area (Å²) in [7, 11) is 0. The molecule has 1 aromatic rings. The third-order valence-corrected chi connectivity index (χ3v) is 0.949. The van der Waals surface area contributed by atoms with Crippen molar-refractivity contribution in [3.8, 4) is 6.07 Å². The zero-order chi connectivity index (χ0) is 5.98. The predicted octanol–water partition coefficient (Wildman–Crippen LogP) is 1.44. The third-order valence-electron chi connectivity index (χ3n) is 0.715. The van der Waals surface area contributed by atoms with Crippen LogP contribution in [0.25, 0.3) is 0 Å². The summed E-state index contributed by atoms with van der Waals surface area (Å²) in [6.45, 7) is 0. The van der Waals surface area contributed by atoms with Crippen LogP contribution >= 0.6 is 12.6 Å². The quantitative estimate of drug-likeness (QED) is 0.532. The van der Waals surface area contributed by atoms with Crippen LogP contribution in [0, 0.1) is 11.3 Å². The number of nitriles is 1. The van der Waals surface area contributed by atoms with Crippen molar-refractivity contribution in [1.29, 1.82) is 5.26 Å². The van der Waals surface area contributed by atoms with Gasteiger partial charge in [0, 0.05) is 6.07 Å². The number of nitrogens with zero attached hydrogens (tertiary/aromatic N) is 1. The van der Waals surface area contributed by atoms with E-state index in [1.54, 1.807) is 6.07 Å². The van der Waals surface area contributed by atoms with Gasteiger partial charge in [0.15, 0.2) is 5.09 Å². The molecule has 0 radical (unpaired) electrons. The highest BCUT2D eigenvalue weighted by Gasteiger charge is 1.92. The minimum absolute atomic E-state index is 0.474. The first-order valence-electron chi connectivity index (χ1n) is 2.00. The normalized spacial score (nSPS) is 8.50. The standard InChI is InChI=1S/C5H3NOS/c6-2-4-1-5(8)7-3-4/h1,3,8H. The molecule has 0 aliphatic carbocycles. The van der Waals surface area contributed by atoms with E-state index in [0.29, 0.717) is 10.7 Å². The lowest BCUT2D eigenvalue weighted by atomic mass is 10.4. The highest BCUT2D eigenvalue weighted by Crippen LogP contribution is 2.08. The molecule has 0 unspecified atom stereocenters. The van der Waals surface area contributed by atoms with Crippen LogP contribution in [0.15, 0.2) is 21.8 Å². The van der Waals surface area contributed by atoms with Crippen molar-refractivity contribution >= 4 is 12.6 Å². The first kappa shape index (κ1) is 5.26. The average Bonchev–Trinajstić information content (AvgIpc) is 2.14. The van der Waals surface area contributed by atoms with Crippen LogP contribution < -0.4 is 0 Å². The van der Waals surface area contributed by atoms with E-state index in [0.717, 1.165) is 0 Å². The third kappa shape index (κ3) is 0.849. The smallest absolute Gasteiger partial charge is 0.158 e. The van der Waals surface area contributed by atoms with Crippen LogP contribution in [0.4, 0.5) is 0 Å². The molecule has 0 aromatic carbocycles. The Morgan fingerprint density at radius 3 is 2.75 bits per heavy atom. The van der Waals surface area contributed by atoms with Gasteiger partial charge >= 0.3 is 0 Å². The monoisotopic (exact) mass is 125 g/mol. The Balaban J connectivity index is 3.05. The van der Waals surface area contributed by atoms with Crippen molar-refractivity contribution < 1.29 is 4.42 Å². The van der Waals surface area contributed by atoms with Crippen molar-refractivity contribution in [2.24, 2.45) is 0 Å². The summed E-state index contributed by atoms with van der Waals surface area (Å²) in [4.78, 5) is 0. The molecule has 1 heterocycles. The van der Waals surface area contributed by atoms with Crippen LogP contribution in [0.2, 0.25) is 0 Å². The van der Waals surface area contributed by atoms with Gasteiger partial charge in [0.25, 0.3) is 0 Å². The Kier molecular flexibility index (Phi) is 1.27. The molecule has 8 heavy (non-hydrogen) atoms. The molecule has 2 nitrogen and oxygen atoms in total. The number of thiol groups is 1. The van der Waals surface area contributed by atoms with E-state index in [4.69, 9.17) is 9.68 Å². The van der Waals surface area contributed by atoms with E-state index >= 15 is 0 Å². The molecule has 1 rings (SSSR count). The summed E-state index contributed by atoms with van der Waals surface area (Å²) in [5.74, 6) is 0. The molecule has 0 amide bonds. The molecule has 0 N–H and O–H groups in total. The molecular formula is C5H3NOS. The van der Waals surface area contributed by atoms with Gasteiger partial charge in [0.2, 0.25) is 0 Å². The SMILES string of the molecule is N#Cc1coc(S)c1. The molecule has 0 atom stereocenters. The molecule has 0 saturated carbocycles. The maximum Gasteiger partial charge on any atom is 0.158 e. The summed E-state index contributed by atoms with van der Waals surface area (Å²) in [6, 6.07) is 3.46. The Hall–Kier alpha value is -0.880. The van der Waals surface area contributed by atoms with Gasteiger partial charge in [-0.05, 0) is 0 Å². The molecule has 3 heteroatoms. The molecule has 1 aromatic heterocycles. The van der Waals surface area contributed by atoms with Crippen molar-refractivity contribution in [2.75, 3.05) is 0 Å². The maximum absolute atomic E-state index is 8.21. The molecule has 0 bridgehead atoms. The van der Waals surface area contributed by atoms with Crippen LogP contribution in [0.1, 0.15) is 5.56 Å². The van der Waals surface area contributed by atoms with Gasteiger partial charge in [-0.1, -0.05) is 0 Å². The van der Waals surface area contributed by atoms with E-state index in [1.165, 1.54) is 6.26 Å². The molecular weight excluding hydrogens is 122 g/mol. The van der Waals surface area contributed by atoms with Gasteiger partial charge in [0.05, 0.1) is 5.56 Å². The molecule has 0 fully saturated rings. The van der Waals surface area contributed by atoms with E-state index in [-0.39, 0.29) is 0 Å². The van der Waals surface area contributed by atoms with Crippen LogP contribution in [-0.4, -0.2) is 0 Å². The summed E-state index contributed by atoms with van der Waals surface area (Å²) < 4.78 is 4.70. The van der Waals surface area contributed by atoms with E-state index < -0.39 is 0 Å². The lowest BCUT2D eigenvalue weighted by molar-refractivity contribution is 0.476. The summed E-state index contributed by atoms with van der Waals surface area (Å²) in [6.07, 6.45) is 1.36. The Morgan fingerprint density at radius 1 is 1.75 bits per heavy atom. The summed E-state index contributed by atoms with van der Waals surface area (Å²) in [5.41, 5.74) is 0.509. The van der Waals surface area contributed by atoms with Crippen molar-refractivity contribution in [3.63, 3.8) is 0 Å². The van der Waals surface area contributed by atoms with Gasteiger partial charge < -0.3 is 4.42 Å². The van der Waals surface area contributed by atoms with Gasteiger partial charge in [-0.25, -0.2) is 0 Å². The molecule has 0 aliphatic rings. The molecule has 0 spiro atoms.